The Bertz CT molecular complexity index is 1420. The largest absolute Gasteiger partial charge is 0.481 e. The maximum atomic E-state index is 12.6. The number of aromatic nitrogens is 3. The Labute approximate surface area is 227 Å². The second-order valence-electron chi connectivity index (χ2n) is 9.00. The van der Waals surface area contributed by atoms with Crippen LogP contribution >= 0.6 is 0 Å². The van der Waals surface area contributed by atoms with E-state index in [9.17, 15) is 29.1 Å². The molecule has 2 aromatic heterocycles. The Kier molecular flexibility index (Phi) is 9.56. The van der Waals surface area contributed by atoms with Gasteiger partial charge in [0.2, 0.25) is 11.9 Å². The highest BCUT2D eigenvalue weighted by Crippen LogP contribution is 2.24. The van der Waals surface area contributed by atoms with Gasteiger partial charge in [0.15, 0.2) is 0 Å². The molecular formula is C25H29N7O8. The molecule has 0 aliphatic rings. The molecule has 0 spiro atoms. The van der Waals surface area contributed by atoms with E-state index in [-0.39, 0.29) is 30.2 Å². The molecule has 0 fully saturated rings. The lowest BCUT2D eigenvalue weighted by molar-refractivity contribution is -0.143. The number of amides is 2. The van der Waals surface area contributed by atoms with Crippen molar-refractivity contribution in [1.29, 1.82) is 0 Å². The second-order valence-corrected chi connectivity index (χ2v) is 9.00. The van der Waals surface area contributed by atoms with Gasteiger partial charge in [-0.2, -0.15) is 9.97 Å². The van der Waals surface area contributed by atoms with E-state index in [1.807, 2.05) is 0 Å². The third-order valence-electron chi connectivity index (χ3n) is 6.10. The van der Waals surface area contributed by atoms with Crippen molar-refractivity contribution < 1.29 is 39.3 Å². The van der Waals surface area contributed by atoms with Crippen LogP contribution in [0.3, 0.4) is 0 Å². The lowest BCUT2D eigenvalue weighted by Gasteiger charge is -2.16. The number of rotatable bonds is 14. The highest BCUT2D eigenvalue weighted by molar-refractivity contribution is 5.96. The predicted octanol–water partition coefficient (Wildman–Crippen LogP) is 0.305. The van der Waals surface area contributed by atoms with E-state index < -0.39 is 54.6 Å². The summed E-state index contributed by atoms with van der Waals surface area (Å²) in [5.74, 6) is -5.11. The SMILES string of the molecule is Nc1nc(N)c2c(CCc3ccc(C(=O)N[C@@H](CCC(=O)N[C@@H](CCC(=O)O)C(=O)O)C(=O)O)cc3)c[nH]c2n1. The molecule has 1 aromatic carbocycles. The summed E-state index contributed by atoms with van der Waals surface area (Å²) in [6.45, 7) is 0. The highest BCUT2D eigenvalue weighted by atomic mass is 16.4. The molecule has 15 heteroatoms. The molecule has 0 aliphatic heterocycles. The summed E-state index contributed by atoms with van der Waals surface area (Å²) in [6, 6.07) is 3.71. The van der Waals surface area contributed by atoms with Crippen LogP contribution in [0.5, 0.6) is 0 Å². The first-order chi connectivity index (χ1) is 18.9. The number of aliphatic carboxylic acids is 3. The average molecular weight is 556 g/mol. The smallest absolute Gasteiger partial charge is 0.326 e. The third-order valence-corrected chi connectivity index (χ3v) is 6.10. The number of carboxylic acid groups (broad SMARTS) is 3. The van der Waals surface area contributed by atoms with Gasteiger partial charge < -0.3 is 42.4 Å². The quantitative estimate of drug-likeness (QED) is 0.133. The number of carboxylic acids is 3. The lowest BCUT2D eigenvalue weighted by atomic mass is 10.0. The summed E-state index contributed by atoms with van der Waals surface area (Å²) < 4.78 is 0. The molecule has 2 atom stereocenters. The van der Waals surface area contributed by atoms with Crippen molar-refractivity contribution in [2.75, 3.05) is 11.5 Å². The summed E-state index contributed by atoms with van der Waals surface area (Å²) in [7, 11) is 0. The van der Waals surface area contributed by atoms with Crippen molar-refractivity contribution in [3.05, 3.63) is 47.2 Å². The van der Waals surface area contributed by atoms with Crippen LogP contribution in [0, 0.1) is 0 Å². The van der Waals surface area contributed by atoms with Gasteiger partial charge in [0.05, 0.1) is 5.39 Å². The molecule has 15 nitrogen and oxygen atoms in total. The first-order valence-electron chi connectivity index (χ1n) is 12.2. The number of nitrogens with two attached hydrogens (primary N) is 2. The maximum Gasteiger partial charge on any atom is 0.326 e. The molecule has 0 radical (unpaired) electrons. The van der Waals surface area contributed by atoms with Crippen LogP contribution in [0.4, 0.5) is 11.8 Å². The van der Waals surface area contributed by atoms with Gasteiger partial charge in [-0.3, -0.25) is 14.4 Å². The maximum absolute atomic E-state index is 12.6. The van der Waals surface area contributed by atoms with E-state index in [4.69, 9.17) is 21.7 Å². The van der Waals surface area contributed by atoms with Crippen molar-refractivity contribution in [3.8, 4) is 0 Å². The van der Waals surface area contributed by atoms with E-state index in [0.29, 0.717) is 23.9 Å². The molecule has 0 bridgehead atoms. The molecule has 0 saturated heterocycles. The zero-order chi connectivity index (χ0) is 29.4. The van der Waals surface area contributed by atoms with Crippen LogP contribution in [0.1, 0.15) is 47.2 Å². The summed E-state index contributed by atoms with van der Waals surface area (Å²) in [6.07, 6.45) is 1.49. The number of carbonyl (C=O) groups is 5. The zero-order valence-corrected chi connectivity index (χ0v) is 21.2. The number of nitrogen functional groups attached to an aromatic ring is 2. The zero-order valence-electron chi connectivity index (χ0n) is 21.2. The molecule has 212 valence electrons. The third kappa shape index (κ3) is 7.89. The molecule has 0 saturated carbocycles. The van der Waals surface area contributed by atoms with Crippen molar-refractivity contribution in [2.24, 2.45) is 0 Å². The monoisotopic (exact) mass is 555 g/mol. The Morgan fingerprint density at radius 3 is 2.10 bits per heavy atom. The van der Waals surface area contributed by atoms with Crippen molar-refractivity contribution >= 4 is 52.5 Å². The molecule has 40 heavy (non-hydrogen) atoms. The molecule has 2 amide bonds. The Morgan fingerprint density at radius 2 is 1.48 bits per heavy atom. The molecular weight excluding hydrogens is 526 g/mol. The minimum atomic E-state index is -1.43. The van der Waals surface area contributed by atoms with Crippen molar-refractivity contribution in [2.45, 2.75) is 50.6 Å². The summed E-state index contributed by atoms with van der Waals surface area (Å²) in [5.41, 5.74) is 14.1. The van der Waals surface area contributed by atoms with Gasteiger partial charge in [-0.25, -0.2) is 9.59 Å². The van der Waals surface area contributed by atoms with Crippen LogP contribution < -0.4 is 22.1 Å². The number of hydrogen-bond donors (Lipinski definition) is 8. The Balaban J connectivity index is 1.54. The van der Waals surface area contributed by atoms with Crippen LogP contribution in [0.15, 0.2) is 30.5 Å². The topological polar surface area (TPSA) is 264 Å². The van der Waals surface area contributed by atoms with Gasteiger partial charge in [-0.15, -0.1) is 0 Å². The van der Waals surface area contributed by atoms with Gasteiger partial charge in [0.25, 0.3) is 5.91 Å². The van der Waals surface area contributed by atoms with Crippen LogP contribution in [0.25, 0.3) is 11.0 Å². The number of fused-ring (bicyclic) bond motifs is 1. The number of aromatic amines is 1. The van der Waals surface area contributed by atoms with Gasteiger partial charge in [0, 0.05) is 24.6 Å². The minimum absolute atomic E-state index is 0.0699. The van der Waals surface area contributed by atoms with E-state index in [1.54, 1.807) is 30.5 Å². The fourth-order valence-electron chi connectivity index (χ4n) is 4.01. The Morgan fingerprint density at radius 1 is 0.850 bits per heavy atom. The van der Waals surface area contributed by atoms with Gasteiger partial charge >= 0.3 is 17.9 Å². The number of benzene rings is 1. The van der Waals surface area contributed by atoms with Crippen molar-refractivity contribution in [1.82, 2.24) is 25.6 Å². The fourth-order valence-corrected chi connectivity index (χ4v) is 4.01. The van der Waals surface area contributed by atoms with E-state index in [1.165, 1.54) is 0 Å². The van der Waals surface area contributed by atoms with Crippen molar-refractivity contribution in [3.63, 3.8) is 0 Å². The fraction of sp³-hybridized carbons (Fsp3) is 0.320. The van der Waals surface area contributed by atoms with Gasteiger partial charge in [-0.05, 0) is 48.9 Å². The van der Waals surface area contributed by atoms with Crippen LogP contribution in [-0.4, -0.2) is 72.1 Å². The second kappa shape index (κ2) is 13.0. The number of H-pyrrole nitrogens is 1. The molecule has 10 N–H and O–H groups in total. The van der Waals surface area contributed by atoms with E-state index in [0.717, 1.165) is 11.1 Å². The van der Waals surface area contributed by atoms with Gasteiger partial charge in [0.1, 0.15) is 23.5 Å². The van der Waals surface area contributed by atoms with E-state index >= 15 is 0 Å². The van der Waals surface area contributed by atoms with Crippen LogP contribution in [-0.2, 0) is 32.0 Å². The normalized spacial score (nSPS) is 12.4. The predicted molar refractivity (Wildman–Crippen MR) is 141 cm³/mol. The lowest BCUT2D eigenvalue weighted by Crippen LogP contribution is -2.44. The minimum Gasteiger partial charge on any atom is -0.481 e. The Hall–Kier alpha value is -5.21. The average Bonchev–Trinajstić information content (AvgIpc) is 3.30. The van der Waals surface area contributed by atoms with E-state index in [2.05, 4.69) is 25.6 Å². The summed E-state index contributed by atoms with van der Waals surface area (Å²) in [5, 5.41) is 32.5. The number of nitrogens with one attached hydrogen (secondary N) is 3. The number of anilines is 2. The molecule has 3 rings (SSSR count). The summed E-state index contributed by atoms with van der Waals surface area (Å²) in [4.78, 5) is 69.4. The number of carbonyl (C=O) groups excluding carboxylic acids is 2. The molecule has 0 aliphatic carbocycles. The summed E-state index contributed by atoms with van der Waals surface area (Å²) >= 11 is 0. The molecule has 2 heterocycles. The number of nitrogens with zero attached hydrogens (tertiary/aromatic N) is 2. The number of aryl methyl sites for hydroxylation is 2. The van der Waals surface area contributed by atoms with Crippen LogP contribution in [0.2, 0.25) is 0 Å². The number of hydrogen-bond acceptors (Lipinski definition) is 9. The first-order valence-corrected chi connectivity index (χ1v) is 12.2. The first kappa shape index (κ1) is 29.3. The van der Waals surface area contributed by atoms with Gasteiger partial charge in [-0.1, -0.05) is 12.1 Å². The highest BCUT2D eigenvalue weighted by Gasteiger charge is 2.25. The molecule has 3 aromatic rings. The standard InChI is InChI=1S/C25H29N7O8/c26-20-19-14(11-28-21(19)32-25(27)31-20)6-3-12-1-4-13(5-2-12)22(36)30-16(24(39)40)7-9-17(33)29-15(23(37)38)8-10-18(34)35/h1-2,4-5,11,15-16H,3,6-10H2,(H,29,33)(H,30,36)(H,34,35)(H,37,38)(H,39,40)(H5,26,27,28,31,32)/t15-,16-/m0/s1. The molecule has 0 unspecified atom stereocenters.